The maximum atomic E-state index is 5.58. The summed E-state index contributed by atoms with van der Waals surface area (Å²) in [5, 5.41) is 4.10. The minimum atomic E-state index is 0.427. The summed E-state index contributed by atoms with van der Waals surface area (Å²) in [6, 6.07) is 9.71. The third kappa shape index (κ3) is 3.78. The Kier molecular flexibility index (Phi) is 5.14. The Labute approximate surface area is 166 Å². The lowest BCUT2D eigenvalue weighted by Gasteiger charge is -2.10. The maximum Gasteiger partial charge on any atom is 0.218 e. The highest BCUT2D eigenvalue weighted by atomic mass is 32.1. The normalized spacial score (nSPS) is 11.0. The standard InChI is InChI=1S/C20H20N6OS/c1-12-4-3-8-22-18(12)20-24-14-10-17(23-11-15(14)28-20)25-16-6-5-13(2)19(26-16)27-9-7-21/h3-6,8,10-11H,7,9,21H2,1-2H3,(H,23,25,26). The van der Waals surface area contributed by atoms with Crippen LogP contribution < -0.4 is 15.8 Å². The molecule has 142 valence electrons. The van der Waals surface area contributed by atoms with E-state index in [1.807, 2.05) is 50.4 Å². The number of rotatable bonds is 6. The molecule has 0 amide bonds. The highest BCUT2D eigenvalue weighted by molar-refractivity contribution is 7.21. The van der Waals surface area contributed by atoms with E-state index in [9.17, 15) is 0 Å². The zero-order valence-electron chi connectivity index (χ0n) is 15.6. The molecule has 4 heterocycles. The van der Waals surface area contributed by atoms with Gasteiger partial charge in [0.2, 0.25) is 5.88 Å². The van der Waals surface area contributed by atoms with Crippen LogP contribution in [0.1, 0.15) is 11.1 Å². The Morgan fingerprint density at radius 3 is 2.79 bits per heavy atom. The van der Waals surface area contributed by atoms with Crippen molar-refractivity contribution >= 4 is 33.2 Å². The van der Waals surface area contributed by atoms with Gasteiger partial charge in [-0.3, -0.25) is 4.98 Å². The van der Waals surface area contributed by atoms with E-state index in [0.717, 1.165) is 32.0 Å². The Balaban J connectivity index is 1.61. The van der Waals surface area contributed by atoms with Gasteiger partial charge in [-0.25, -0.2) is 9.97 Å². The Hall–Kier alpha value is -3.10. The van der Waals surface area contributed by atoms with E-state index in [1.165, 1.54) is 0 Å². The lowest BCUT2D eigenvalue weighted by molar-refractivity contribution is 0.314. The molecule has 0 atom stereocenters. The van der Waals surface area contributed by atoms with Crippen molar-refractivity contribution in [1.29, 1.82) is 0 Å². The second kappa shape index (κ2) is 7.87. The predicted molar refractivity (Wildman–Crippen MR) is 112 cm³/mol. The number of nitrogens with two attached hydrogens (primary N) is 1. The molecule has 3 N–H and O–H groups in total. The number of aryl methyl sites for hydroxylation is 2. The van der Waals surface area contributed by atoms with Crippen LogP contribution in [0.15, 0.2) is 42.7 Å². The maximum absolute atomic E-state index is 5.58. The molecule has 0 unspecified atom stereocenters. The van der Waals surface area contributed by atoms with E-state index in [2.05, 4.69) is 20.3 Å². The third-order valence-corrected chi connectivity index (χ3v) is 5.16. The van der Waals surface area contributed by atoms with Gasteiger partial charge in [-0.2, -0.15) is 4.98 Å². The number of hydrogen-bond donors (Lipinski definition) is 2. The summed E-state index contributed by atoms with van der Waals surface area (Å²) in [5.41, 5.74) is 9.33. The predicted octanol–water partition coefficient (Wildman–Crippen LogP) is 3.85. The first kappa shape index (κ1) is 18.3. The fraction of sp³-hybridized carbons (Fsp3) is 0.200. The van der Waals surface area contributed by atoms with Crippen LogP contribution >= 0.6 is 11.3 Å². The highest BCUT2D eigenvalue weighted by Gasteiger charge is 2.11. The molecule has 7 nitrogen and oxygen atoms in total. The van der Waals surface area contributed by atoms with Crippen molar-refractivity contribution in [2.45, 2.75) is 13.8 Å². The van der Waals surface area contributed by atoms with Gasteiger partial charge in [0.15, 0.2) is 0 Å². The number of pyridine rings is 3. The number of nitrogens with one attached hydrogen (secondary N) is 1. The van der Waals surface area contributed by atoms with Crippen LogP contribution in [0, 0.1) is 13.8 Å². The second-order valence-electron chi connectivity index (χ2n) is 6.31. The summed E-state index contributed by atoms with van der Waals surface area (Å²) in [7, 11) is 0. The van der Waals surface area contributed by atoms with Crippen LogP contribution in [0.5, 0.6) is 5.88 Å². The Morgan fingerprint density at radius 2 is 1.96 bits per heavy atom. The van der Waals surface area contributed by atoms with Gasteiger partial charge in [-0.15, -0.1) is 11.3 Å². The molecule has 0 saturated heterocycles. The molecule has 0 radical (unpaired) electrons. The number of anilines is 2. The van der Waals surface area contributed by atoms with Crippen LogP contribution in [0.25, 0.3) is 20.9 Å². The molecule has 8 heteroatoms. The first-order chi connectivity index (χ1) is 13.6. The summed E-state index contributed by atoms with van der Waals surface area (Å²) < 4.78 is 6.59. The molecule has 0 bridgehead atoms. The van der Waals surface area contributed by atoms with Gasteiger partial charge in [0.1, 0.15) is 28.9 Å². The lowest BCUT2D eigenvalue weighted by Crippen LogP contribution is -2.12. The van der Waals surface area contributed by atoms with Crippen LogP contribution in [-0.2, 0) is 0 Å². The molecule has 4 aromatic heterocycles. The quantitative estimate of drug-likeness (QED) is 0.514. The zero-order chi connectivity index (χ0) is 19.5. The molecule has 0 fully saturated rings. The average molecular weight is 392 g/mol. The smallest absolute Gasteiger partial charge is 0.218 e. The summed E-state index contributed by atoms with van der Waals surface area (Å²) >= 11 is 1.58. The number of thiazole rings is 1. The Morgan fingerprint density at radius 1 is 1.07 bits per heavy atom. The molecule has 4 rings (SSSR count). The van der Waals surface area contributed by atoms with E-state index in [0.29, 0.717) is 30.7 Å². The van der Waals surface area contributed by atoms with Crippen LogP contribution in [0.2, 0.25) is 0 Å². The van der Waals surface area contributed by atoms with Crippen LogP contribution in [0.3, 0.4) is 0 Å². The van der Waals surface area contributed by atoms with E-state index in [-0.39, 0.29) is 0 Å². The zero-order valence-corrected chi connectivity index (χ0v) is 16.5. The molecular formula is C20H20N6OS. The monoisotopic (exact) mass is 392 g/mol. The largest absolute Gasteiger partial charge is 0.476 e. The van der Waals surface area contributed by atoms with Gasteiger partial charge in [0, 0.05) is 30.6 Å². The second-order valence-corrected chi connectivity index (χ2v) is 7.34. The van der Waals surface area contributed by atoms with Crippen molar-refractivity contribution in [3.63, 3.8) is 0 Å². The molecule has 28 heavy (non-hydrogen) atoms. The number of hydrogen-bond acceptors (Lipinski definition) is 8. The third-order valence-electron chi connectivity index (χ3n) is 4.15. The van der Waals surface area contributed by atoms with Gasteiger partial charge in [0.05, 0.1) is 10.2 Å². The summed E-state index contributed by atoms with van der Waals surface area (Å²) in [6.45, 7) is 4.85. The number of fused-ring (bicyclic) bond motifs is 1. The summed E-state index contributed by atoms with van der Waals surface area (Å²) in [4.78, 5) is 18.2. The molecule has 0 saturated carbocycles. The molecule has 0 aliphatic heterocycles. The van der Waals surface area contributed by atoms with Crippen LogP contribution in [-0.4, -0.2) is 33.1 Å². The molecular weight excluding hydrogens is 372 g/mol. The molecule has 4 aromatic rings. The molecule has 0 aromatic carbocycles. The highest BCUT2D eigenvalue weighted by Crippen LogP contribution is 2.31. The van der Waals surface area contributed by atoms with Gasteiger partial charge in [-0.05, 0) is 31.5 Å². The van der Waals surface area contributed by atoms with Crippen LogP contribution in [0.4, 0.5) is 11.6 Å². The van der Waals surface area contributed by atoms with Crippen molar-refractivity contribution in [3.8, 4) is 16.6 Å². The summed E-state index contributed by atoms with van der Waals surface area (Å²) in [5.74, 6) is 1.89. The number of aromatic nitrogens is 4. The van der Waals surface area contributed by atoms with Crippen molar-refractivity contribution in [1.82, 2.24) is 19.9 Å². The van der Waals surface area contributed by atoms with E-state index >= 15 is 0 Å². The van der Waals surface area contributed by atoms with Gasteiger partial charge in [-0.1, -0.05) is 12.1 Å². The van der Waals surface area contributed by atoms with Crippen molar-refractivity contribution in [2.24, 2.45) is 5.73 Å². The van der Waals surface area contributed by atoms with Gasteiger partial charge >= 0.3 is 0 Å². The van der Waals surface area contributed by atoms with E-state index in [1.54, 1.807) is 17.5 Å². The SMILES string of the molecule is Cc1ccc(Nc2cc3nc(-c4ncccc4C)sc3cn2)nc1OCCN. The topological polar surface area (TPSA) is 98.8 Å². The first-order valence-corrected chi connectivity index (χ1v) is 9.72. The minimum Gasteiger partial charge on any atom is -0.476 e. The number of ether oxygens (including phenoxy) is 1. The Bertz CT molecular complexity index is 1130. The number of nitrogens with zero attached hydrogens (tertiary/aromatic N) is 4. The fourth-order valence-corrected chi connectivity index (χ4v) is 3.70. The van der Waals surface area contributed by atoms with Crippen molar-refractivity contribution < 1.29 is 4.74 Å². The van der Waals surface area contributed by atoms with Gasteiger partial charge < -0.3 is 15.8 Å². The molecule has 0 spiro atoms. The average Bonchev–Trinajstić information content (AvgIpc) is 3.12. The fourth-order valence-electron chi connectivity index (χ4n) is 2.73. The minimum absolute atomic E-state index is 0.427. The first-order valence-electron chi connectivity index (χ1n) is 8.90. The van der Waals surface area contributed by atoms with Gasteiger partial charge in [0.25, 0.3) is 0 Å². The van der Waals surface area contributed by atoms with E-state index in [4.69, 9.17) is 15.5 Å². The molecule has 0 aliphatic rings. The van der Waals surface area contributed by atoms with Crippen molar-refractivity contribution in [2.75, 3.05) is 18.5 Å². The van der Waals surface area contributed by atoms with Crippen molar-refractivity contribution in [3.05, 3.63) is 53.9 Å². The van der Waals surface area contributed by atoms with E-state index < -0.39 is 0 Å². The summed E-state index contributed by atoms with van der Waals surface area (Å²) in [6.07, 6.45) is 3.60. The molecule has 0 aliphatic carbocycles. The lowest BCUT2D eigenvalue weighted by atomic mass is 10.2.